The number of fused-ring (bicyclic) bond motifs is 1. The van der Waals surface area contributed by atoms with Gasteiger partial charge in [0.25, 0.3) is 0 Å². The lowest BCUT2D eigenvalue weighted by molar-refractivity contribution is -0.127. The summed E-state index contributed by atoms with van der Waals surface area (Å²) < 4.78 is 0. The number of benzene rings is 3. The van der Waals surface area contributed by atoms with Gasteiger partial charge in [0, 0.05) is 11.3 Å². The van der Waals surface area contributed by atoms with Crippen molar-refractivity contribution in [3.8, 4) is 11.1 Å². The molecule has 6 N–H and O–H groups in total. The molecule has 1 atom stereocenters. The Kier molecular flexibility index (Phi) is 7.05. The molecule has 6 heteroatoms. The van der Waals surface area contributed by atoms with Gasteiger partial charge in [0.1, 0.15) is 0 Å². The van der Waals surface area contributed by atoms with Crippen LogP contribution in [-0.4, -0.2) is 22.6 Å². The normalized spacial score (nSPS) is 18.7. The summed E-state index contributed by atoms with van der Waals surface area (Å²) in [6.07, 6.45) is 4.64. The van der Waals surface area contributed by atoms with E-state index < -0.39 is 0 Å². The Morgan fingerprint density at radius 3 is 2.56 bits per heavy atom. The van der Waals surface area contributed by atoms with Gasteiger partial charge < -0.3 is 16.8 Å². The number of nitrogens with zero attached hydrogens (tertiary/aromatic N) is 1. The van der Waals surface area contributed by atoms with Gasteiger partial charge in [-0.05, 0) is 91.9 Å². The van der Waals surface area contributed by atoms with E-state index in [-0.39, 0.29) is 17.9 Å². The summed E-state index contributed by atoms with van der Waals surface area (Å²) in [5.74, 6) is 1.27. The second-order valence-corrected chi connectivity index (χ2v) is 10.2. The van der Waals surface area contributed by atoms with Gasteiger partial charge in [-0.2, -0.15) is 5.10 Å². The zero-order chi connectivity index (χ0) is 25.1. The lowest BCUT2D eigenvalue weighted by Gasteiger charge is -2.29. The van der Waals surface area contributed by atoms with Crippen molar-refractivity contribution in [3.05, 3.63) is 83.4 Å². The molecule has 1 amide bonds. The first-order chi connectivity index (χ1) is 17.5. The highest BCUT2D eigenvalue weighted by atomic mass is 16.1. The molecular weight excluding hydrogens is 446 g/mol. The molecule has 0 radical (unpaired) electrons. The van der Waals surface area contributed by atoms with Crippen molar-refractivity contribution >= 4 is 22.6 Å². The van der Waals surface area contributed by atoms with E-state index in [4.69, 9.17) is 11.5 Å². The summed E-state index contributed by atoms with van der Waals surface area (Å²) in [6, 6.07) is 23.0. The number of nitrogen functional groups attached to an aromatic ring is 1. The summed E-state index contributed by atoms with van der Waals surface area (Å²) in [7, 11) is 0. The zero-order valence-corrected chi connectivity index (χ0v) is 20.8. The second-order valence-electron chi connectivity index (χ2n) is 10.2. The molecule has 6 nitrogen and oxygen atoms in total. The number of aryl methyl sites for hydroxylation is 1. The van der Waals surface area contributed by atoms with E-state index in [1.54, 1.807) is 0 Å². The molecule has 1 aliphatic rings. The lowest BCUT2D eigenvalue weighted by atomic mass is 9.81. The largest absolute Gasteiger partial charge is 0.382 e. The van der Waals surface area contributed by atoms with Crippen LogP contribution in [-0.2, 0) is 11.2 Å². The average Bonchev–Trinajstić information content (AvgIpc) is 3.28. The number of rotatable bonds is 7. The Hall–Kier alpha value is -3.64. The van der Waals surface area contributed by atoms with Gasteiger partial charge in [0.05, 0.1) is 11.6 Å². The van der Waals surface area contributed by atoms with Crippen LogP contribution < -0.4 is 16.8 Å². The third kappa shape index (κ3) is 5.29. The van der Waals surface area contributed by atoms with Crippen molar-refractivity contribution in [1.29, 1.82) is 0 Å². The predicted molar refractivity (Wildman–Crippen MR) is 146 cm³/mol. The highest BCUT2D eigenvalue weighted by Gasteiger charge is 2.27. The standard InChI is InChI=1S/C30H35N5O/c1-19-13-24(23-11-12-26-28(17-23)34-35-29(26)32)16-25(14-19)27(15-20-5-3-2-4-6-20)33-30(36)22-9-7-21(18-31)8-10-22/h2-6,11-14,16-17,21-22,27H,7-10,15,18,31H2,1H3,(H,33,36)(H3,32,34,35). The molecule has 1 aliphatic carbocycles. The number of aromatic nitrogens is 2. The molecule has 0 aliphatic heterocycles. The minimum atomic E-state index is -0.114. The van der Waals surface area contributed by atoms with Crippen LogP contribution in [0.2, 0.25) is 0 Å². The van der Waals surface area contributed by atoms with E-state index in [1.165, 1.54) is 5.56 Å². The van der Waals surface area contributed by atoms with E-state index in [0.717, 1.165) is 65.3 Å². The van der Waals surface area contributed by atoms with Crippen molar-refractivity contribution in [1.82, 2.24) is 15.5 Å². The highest BCUT2D eigenvalue weighted by Crippen LogP contribution is 2.32. The van der Waals surface area contributed by atoms with E-state index in [2.05, 4.69) is 77.0 Å². The number of carbonyl (C=O) groups excluding carboxylic acids is 1. The zero-order valence-electron chi connectivity index (χ0n) is 20.8. The lowest BCUT2D eigenvalue weighted by Crippen LogP contribution is -2.37. The fourth-order valence-electron chi connectivity index (χ4n) is 5.45. The molecule has 0 bridgehead atoms. The van der Waals surface area contributed by atoms with Gasteiger partial charge in [0.15, 0.2) is 5.82 Å². The van der Waals surface area contributed by atoms with Crippen LogP contribution in [0, 0.1) is 18.8 Å². The molecular formula is C30H35N5O. The van der Waals surface area contributed by atoms with E-state index >= 15 is 0 Å². The van der Waals surface area contributed by atoms with Crippen molar-refractivity contribution in [3.63, 3.8) is 0 Å². The first kappa shape index (κ1) is 24.1. The number of carbonyl (C=O) groups is 1. The van der Waals surface area contributed by atoms with Crippen LogP contribution in [0.1, 0.15) is 48.4 Å². The van der Waals surface area contributed by atoms with Crippen LogP contribution in [0.4, 0.5) is 5.82 Å². The molecule has 36 heavy (non-hydrogen) atoms. The SMILES string of the molecule is Cc1cc(-c2ccc3c(N)n[nH]c3c2)cc(C(Cc2ccccc2)NC(=O)C2CCC(CN)CC2)c1. The Labute approximate surface area is 212 Å². The number of nitrogens with two attached hydrogens (primary N) is 2. The minimum Gasteiger partial charge on any atom is -0.382 e. The molecule has 5 rings (SSSR count). The molecule has 1 saturated carbocycles. The number of hydrogen-bond acceptors (Lipinski definition) is 4. The monoisotopic (exact) mass is 481 g/mol. The van der Waals surface area contributed by atoms with Crippen LogP contribution in [0.3, 0.4) is 0 Å². The number of anilines is 1. The summed E-state index contributed by atoms with van der Waals surface area (Å²) in [5.41, 5.74) is 18.4. The number of hydrogen-bond donors (Lipinski definition) is 4. The van der Waals surface area contributed by atoms with Crippen LogP contribution in [0.15, 0.2) is 66.7 Å². The van der Waals surface area contributed by atoms with Gasteiger partial charge in [0.2, 0.25) is 5.91 Å². The van der Waals surface area contributed by atoms with Gasteiger partial charge in [-0.3, -0.25) is 9.89 Å². The maximum atomic E-state index is 13.4. The minimum absolute atomic E-state index is 0.0589. The van der Waals surface area contributed by atoms with Crippen LogP contribution in [0.5, 0.6) is 0 Å². The Morgan fingerprint density at radius 2 is 1.81 bits per heavy atom. The maximum absolute atomic E-state index is 13.4. The summed E-state index contributed by atoms with van der Waals surface area (Å²) >= 11 is 0. The van der Waals surface area contributed by atoms with E-state index in [1.807, 2.05) is 12.1 Å². The molecule has 1 heterocycles. The number of aromatic amines is 1. The molecule has 1 aromatic heterocycles. The quantitative estimate of drug-likeness (QED) is 0.288. The molecule has 186 valence electrons. The molecule has 3 aromatic carbocycles. The van der Waals surface area contributed by atoms with Crippen LogP contribution >= 0.6 is 0 Å². The first-order valence-corrected chi connectivity index (χ1v) is 12.9. The molecule has 0 saturated heterocycles. The van der Waals surface area contributed by atoms with Gasteiger partial charge in [-0.1, -0.05) is 54.1 Å². The van der Waals surface area contributed by atoms with Gasteiger partial charge >= 0.3 is 0 Å². The third-order valence-corrected chi connectivity index (χ3v) is 7.58. The Bertz CT molecular complexity index is 1340. The predicted octanol–water partition coefficient (Wildman–Crippen LogP) is 5.29. The van der Waals surface area contributed by atoms with Crippen molar-refractivity contribution < 1.29 is 4.79 Å². The van der Waals surface area contributed by atoms with Gasteiger partial charge in [-0.25, -0.2) is 0 Å². The molecule has 1 unspecified atom stereocenters. The summed E-state index contributed by atoms with van der Waals surface area (Å²) in [4.78, 5) is 13.4. The van der Waals surface area contributed by atoms with Crippen molar-refractivity contribution in [2.75, 3.05) is 12.3 Å². The summed E-state index contributed by atoms with van der Waals surface area (Å²) in [6.45, 7) is 2.82. The Morgan fingerprint density at radius 1 is 1.03 bits per heavy atom. The van der Waals surface area contributed by atoms with Crippen molar-refractivity contribution in [2.45, 2.75) is 45.1 Å². The molecule has 0 spiro atoms. The van der Waals surface area contributed by atoms with Crippen molar-refractivity contribution in [2.24, 2.45) is 17.6 Å². The fraction of sp³-hybridized carbons (Fsp3) is 0.333. The average molecular weight is 482 g/mol. The number of nitrogens with one attached hydrogen (secondary N) is 2. The third-order valence-electron chi connectivity index (χ3n) is 7.58. The second kappa shape index (κ2) is 10.5. The topological polar surface area (TPSA) is 110 Å². The maximum Gasteiger partial charge on any atom is 0.223 e. The van der Waals surface area contributed by atoms with E-state index in [9.17, 15) is 4.79 Å². The highest BCUT2D eigenvalue weighted by molar-refractivity contribution is 5.91. The van der Waals surface area contributed by atoms with Crippen LogP contribution in [0.25, 0.3) is 22.0 Å². The smallest absolute Gasteiger partial charge is 0.223 e. The van der Waals surface area contributed by atoms with Gasteiger partial charge in [-0.15, -0.1) is 0 Å². The number of amides is 1. The Balaban J connectivity index is 1.45. The molecule has 1 fully saturated rings. The number of H-pyrrole nitrogens is 1. The van der Waals surface area contributed by atoms with E-state index in [0.29, 0.717) is 18.3 Å². The molecule has 4 aromatic rings. The summed E-state index contributed by atoms with van der Waals surface area (Å²) in [5, 5.41) is 11.5. The first-order valence-electron chi connectivity index (χ1n) is 12.9. The fourth-order valence-corrected chi connectivity index (χ4v) is 5.45.